The minimum absolute atomic E-state index is 0.176. The highest BCUT2D eigenvalue weighted by Gasteiger charge is 2.29. The van der Waals surface area contributed by atoms with Crippen LogP contribution in [0.3, 0.4) is 0 Å². The highest BCUT2D eigenvalue weighted by atomic mass is 16.4. The van der Waals surface area contributed by atoms with Gasteiger partial charge in [0.1, 0.15) is 18.6 Å². The number of carbonyl (C=O) groups excluding carboxylic acids is 4. The van der Waals surface area contributed by atoms with Crippen molar-refractivity contribution in [1.82, 2.24) is 16.0 Å². The number of carboxylic acid groups (broad SMARTS) is 2. The summed E-state index contributed by atoms with van der Waals surface area (Å²) in [7, 11) is 0. The monoisotopic (exact) mass is 479 g/mol. The lowest BCUT2D eigenvalue weighted by molar-refractivity contribution is -0.140. The van der Waals surface area contributed by atoms with Gasteiger partial charge in [-0.2, -0.15) is 0 Å². The largest absolute Gasteiger partial charge is 0.481 e. The molecule has 0 fully saturated rings. The minimum atomic E-state index is -1.39. The van der Waals surface area contributed by atoms with Crippen LogP contribution in [0, 0.1) is 0 Å². The normalized spacial score (nSPS) is 13.1. The summed E-state index contributed by atoms with van der Waals surface area (Å²) in [5.41, 5.74) is 11.9. The third-order valence-electron chi connectivity index (χ3n) is 4.64. The summed E-state index contributed by atoms with van der Waals surface area (Å²) >= 11 is 0. The Morgan fingerprint density at radius 3 is 1.91 bits per heavy atom. The lowest BCUT2D eigenvalue weighted by Gasteiger charge is -2.23. The van der Waals surface area contributed by atoms with Crippen LogP contribution in [0.25, 0.3) is 0 Å². The van der Waals surface area contributed by atoms with Crippen molar-refractivity contribution in [3.63, 3.8) is 0 Å². The maximum absolute atomic E-state index is 12.8. The Hall–Kier alpha value is -4.00. The number of primary amides is 1. The van der Waals surface area contributed by atoms with Gasteiger partial charge in [0.2, 0.25) is 23.6 Å². The number of rotatable bonds is 15. The number of nitrogens with two attached hydrogens (primary N) is 2. The van der Waals surface area contributed by atoms with Gasteiger partial charge in [-0.1, -0.05) is 30.3 Å². The van der Waals surface area contributed by atoms with Gasteiger partial charge in [0.05, 0.1) is 6.04 Å². The Kier molecular flexibility index (Phi) is 11.7. The van der Waals surface area contributed by atoms with Crippen molar-refractivity contribution in [3.05, 3.63) is 35.9 Å². The zero-order valence-corrected chi connectivity index (χ0v) is 18.4. The van der Waals surface area contributed by atoms with E-state index < -0.39 is 66.7 Å². The van der Waals surface area contributed by atoms with E-state index in [9.17, 15) is 28.8 Å². The van der Waals surface area contributed by atoms with Gasteiger partial charge in [0.15, 0.2) is 0 Å². The molecular formula is C21H29N5O8. The molecule has 0 aliphatic rings. The van der Waals surface area contributed by atoms with E-state index in [-0.39, 0.29) is 25.7 Å². The predicted octanol–water partition coefficient (Wildman–Crippen LogP) is -2.14. The van der Waals surface area contributed by atoms with E-state index in [0.29, 0.717) is 0 Å². The Morgan fingerprint density at radius 2 is 1.35 bits per heavy atom. The molecular weight excluding hydrogens is 450 g/mol. The third kappa shape index (κ3) is 11.0. The third-order valence-corrected chi connectivity index (χ3v) is 4.64. The van der Waals surface area contributed by atoms with Gasteiger partial charge >= 0.3 is 11.9 Å². The summed E-state index contributed by atoms with van der Waals surface area (Å²) in [4.78, 5) is 70.4. The van der Waals surface area contributed by atoms with Crippen molar-refractivity contribution in [2.45, 2.75) is 50.2 Å². The summed E-state index contributed by atoms with van der Waals surface area (Å²) in [6, 6.07) is 5.17. The van der Waals surface area contributed by atoms with Crippen molar-refractivity contribution >= 4 is 35.6 Å². The van der Waals surface area contributed by atoms with Gasteiger partial charge in [-0.05, 0) is 24.8 Å². The first kappa shape index (κ1) is 28.0. The van der Waals surface area contributed by atoms with Gasteiger partial charge in [-0.3, -0.25) is 28.8 Å². The number of hydrogen-bond acceptors (Lipinski definition) is 7. The van der Waals surface area contributed by atoms with Gasteiger partial charge in [0.25, 0.3) is 0 Å². The molecule has 3 unspecified atom stereocenters. The van der Waals surface area contributed by atoms with E-state index in [4.69, 9.17) is 21.7 Å². The van der Waals surface area contributed by atoms with E-state index in [0.717, 1.165) is 5.56 Å². The van der Waals surface area contributed by atoms with Crippen molar-refractivity contribution in [2.24, 2.45) is 11.5 Å². The molecule has 0 aliphatic heterocycles. The SMILES string of the molecule is NC(=O)CCC(NC(=O)C(N)Cc1ccccc1)C(=O)NC(CCC(=O)O)C(=O)NCC(=O)O. The molecule has 0 spiro atoms. The van der Waals surface area contributed by atoms with E-state index in [1.807, 2.05) is 0 Å². The summed E-state index contributed by atoms with van der Waals surface area (Å²) in [5, 5.41) is 24.4. The fraction of sp³-hybridized carbons (Fsp3) is 0.429. The van der Waals surface area contributed by atoms with Crippen molar-refractivity contribution in [1.29, 1.82) is 0 Å². The first-order chi connectivity index (χ1) is 16.0. The van der Waals surface area contributed by atoms with Crippen LogP contribution >= 0.6 is 0 Å². The topological polar surface area (TPSA) is 231 Å². The second-order valence-electron chi connectivity index (χ2n) is 7.47. The van der Waals surface area contributed by atoms with Crippen LogP contribution in [0.5, 0.6) is 0 Å². The molecule has 1 aromatic rings. The standard InChI is InChI=1S/C21H29N5O8/c22-13(10-12-4-2-1-3-5-12)19(32)25-15(6-8-16(23)27)21(34)26-14(7-9-17(28)29)20(33)24-11-18(30)31/h1-5,13-15H,6-11,22H2,(H2,23,27)(H,24,33)(H,25,32)(H,26,34)(H,28,29)(H,30,31). The van der Waals surface area contributed by atoms with Gasteiger partial charge in [-0.25, -0.2) is 0 Å². The van der Waals surface area contributed by atoms with Crippen LogP contribution < -0.4 is 27.4 Å². The maximum Gasteiger partial charge on any atom is 0.322 e. The molecule has 0 heterocycles. The number of carboxylic acids is 2. The van der Waals surface area contributed by atoms with Crippen LogP contribution in [0.1, 0.15) is 31.2 Å². The highest BCUT2D eigenvalue weighted by Crippen LogP contribution is 2.05. The summed E-state index contributed by atoms with van der Waals surface area (Å²) in [6.45, 7) is -0.742. The Bertz CT molecular complexity index is 892. The maximum atomic E-state index is 12.8. The molecule has 4 amide bonds. The number of aliphatic carboxylic acids is 2. The Morgan fingerprint density at radius 1 is 0.794 bits per heavy atom. The minimum Gasteiger partial charge on any atom is -0.481 e. The van der Waals surface area contributed by atoms with Crippen LogP contribution in [-0.2, 0) is 35.2 Å². The van der Waals surface area contributed by atoms with Gasteiger partial charge in [0, 0.05) is 12.8 Å². The average molecular weight is 479 g/mol. The van der Waals surface area contributed by atoms with E-state index in [2.05, 4.69) is 16.0 Å². The number of benzene rings is 1. The molecule has 1 aromatic carbocycles. The summed E-state index contributed by atoms with van der Waals surface area (Å²) in [5.74, 6) is -5.81. The van der Waals surface area contributed by atoms with Gasteiger partial charge in [-0.15, -0.1) is 0 Å². The number of nitrogens with one attached hydrogen (secondary N) is 3. The predicted molar refractivity (Wildman–Crippen MR) is 118 cm³/mol. The summed E-state index contributed by atoms with van der Waals surface area (Å²) in [6.07, 6.45) is -1.12. The molecule has 0 saturated carbocycles. The number of amides is 4. The first-order valence-electron chi connectivity index (χ1n) is 10.4. The zero-order valence-electron chi connectivity index (χ0n) is 18.4. The molecule has 1 rings (SSSR count). The second kappa shape index (κ2) is 14.2. The molecule has 13 nitrogen and oxygen atoms in total. The molecule has 9 N–H and O–H groups in total. The molecule has 0 saturated heterocycles. The lowest BCUT2D eigenvalue weighted by atomic mass is 10.0. The Labute approximate surface area is 195 Å². The second-order valence-corrected chi connectivity index (χ2v) is 7.47. The van der Waals surface area contributed by atoms with E-state index >= 15 is 0 Å². The molecule has 34 heavy (non-hydrogen) atoms. The lowest BCUT2D eigenvalue weighted by Crippen LogP contribution is -2.56. The fourth-order valence-corrected chi connectivity index (χ4v) is 2.89. The Balaban J connectivity index is 2.91. The molecule has 0 radical (unpaired) electrons. The van der Waals surface area contributed by atoms with Crippen LogP contribution in [0.2, 0.25) is 0 Å². The average Bonchev–Trinajstić information content (AvgIpc) is 2.77. The summed E-state index contributed by atoms with van der Waals surface area (Å²) < 4.78 is 0. The molecule has 0 bridgehead atoms. The van der Waals surface area contributed by atoms with E-state index in [1.54, 1.807) is 30.3 Å². The molecule has 0 aromatic heterocycles. The van der Waals surface area contributed by atoms with Gasteiger partial charge < -0.3 is 37.6 Å². The van der Waals surface area contributed by atoms with Crippen LogP contribution in [0.15, 0.2) is 30.3 Å². The molecule has 0 aliphatic carbocycles. The number of carbonyl (C=O) groups is 6. The van der Waals surface area contributed by atoms with Crippen LogP contribution in [-0.4, -0.2) is 70.5 Å². The van der Waals surface area contributed by atoms with E-state index in [1.165, 1.54) is 0 Å². The molecule has 13 heteroatoms. The highest BCUT2D eigenvalue weighted by molar-refractivity contribution is 5.94. The van der Waals surface area contributed by atoms with Crippen molar-refractivity contribution in [2.75, 3.05) is 6.54 Å². The zero-order chi connectivity index (χ0) is 25.7. The van der Waals surface area contributed by atoms with Crippen molar-refractivity contribution < 1.29 is 39.0 Å². The smallest absolute Gasteiger partial charge is 0.322 e. The van der Waals surface area contributed by atoms with Crippen LogP contribution in [0.4, 0.5) is 0 Å². The molecule has 186 valence electrons. The number of hydrogen-bond donors (Lipinski definition) is 7. The fourth-order valence-electron chi connectivity index (χ4n) is 2.89. The molecule has 3 atom stereocenters. The quantitative estimate of drug-likeness (QED) is 0.145. The van der Waals surface area contributed by atoms with Crippen molar-refractivity contribution in [3.8, 4) is 0 Å². The first-order valence-corrected chi connectivity index (χ1v) is 10.4.